The molecule has 0 fully saturated rings. The van der Waals surface area contributed by atoms with E-state index < -0.39 is 0 Å². The van der Waals surface area contributed by atoms with Crippen molar-refractivity contribution >= 4 is 43.2 Å². The Balaban J connectivity index is 0.000000686. The molecule has 1 aromatic heterocycles. The highest BCUT2D eigenvalue weighted by atomic mass is 79.9. The summed E-state index contributed by atoms with van der Waals surface area (Å²) in [6.45, 7) is 4.00. The molecule has 0 amide bonds. The third-order valence-electron chi connectivity index (χ3n) is 2.02. The minimum atomic E-state index is 0.883. The van der Waals surface area contributed by atoms with Gasteiger partial charge in [0.2, 0.25) is 0 Å². The fourth-order valence-corrected chi connectivity index (χ4v) is 3.29. The molecule has 0 aliphatic rings. The molecule has 2 aromatic rings. The van der Waals surface area contributed by atoms with E-state index in [9.17, 15) is 0 Å². The molecule has 0 saturated carbocycles. The summed E-state index contributed by atoms with van der Waals surface area (Å²) in [5, 5.41) is 0. The van der Waals surface area contributed by atoms with Crippen molar-refractivity contribution in [2.24, 2.45) is 0 Å². The average Bonchev–Trinajstić information content (AvgIpc) is 2.72. The van der Waals surface area contributed by atoms with Crippen LogP contribution in [0.4, 0.5) is 0 Å². The second kappa shape index (κ2) is 7.19. The second-order valence-electron chi connectivity index (χ2n) is 2.96. The Hall–Kier alpha value is -0.320. The molecule has 2 rings (SSSR count). The van der Waals surface area contributed by atoms with Crippen LogP contribution in [0.2, 0.25) is 0 Å². The summed E-state index contributed by atoms with van der Waals surface area (Å²) in [5.74, 6) is 0.883. The van der Waals surface area contributed by atoms with Crippen LogP contribution in [0.5, 0.6) is 5.75 Å². The first-order valence-corrected chi connectivity index (χ1v) is 7.70. The topological polar surface area (TPSA) is 9.23 Å². The maximum atomic E-state index is 5.12. The first kappa shape index (κ1) is 14.7. The molecule has 4 heteroatoms. The largest absolute Gasteiger partial charge is 0.497 e. The number of methoxy groups -OCH3 is 1. The molecule has 92 valence electrons. The SMILES string of the molecule is CC.COc1ccc(-c2cc(Br)c(Br)s2)cc1. The second-order valence-corrected chi connectivity index (χ2v) is 6.19. The summed E-state index contributed by atoms with van der Waals surface area (Å²) in [7, 11) is 1.67. The zero-order valence-corrected chi connectivity index (χ0v) is 13.9. The van der Waals surface area contributed by atoms with Gasteiger partial charge in [-0.05, 0) is 67.8 Å². The maximum Gasteiger partial charge on any atom is 0.118 e. The summed E-state index contributed by atoms with van der Waals surface area (Å²) in [6, 6.07) is 10.2. The van der Waals surface area contributed by atoms with Gasteiger partial charge in [-0.1, -0.05) is 13.8 Å². The summed E-state index contributed by atoms with van der Waals surface area (Å²) >= 11 is 8.68. The predicted octanol–water partition coefficient (Wildman–Crippen LogP) is 5.97. The highest BCUT2D eigenvalue weighted by Crippen LogP contribution is 2.38. The highest BCUT2D eigenvalue weighted by molar-refractivity contribution is 9.13. The Bertz CT molecular complexity index is 443. The molecule has 0 radical (unpaired) electrons. The van der Waals surface area contributed by atoms with E-state index in [0.29, 0.717) is 0 Å². The number of hydrogen-bond acceptors (Lipinski definition) is 2. The monoisotopic (exact) mass is 376 g/mol. The quantitative estimate of drug-likeness (QED) is 0.625. The highest BCUT2D eigenvalue weighted by Gasteiger charge is 2.06. The smallest absolute Gasteiger partial charge is 0.118 e. The van der Waals surface area contributed by atoms with Crippen LogP contribution in [0.1, 0.15) is 13.8 Å². The fourth-order valence-electron chi connectivity index (χ4n) is 1.24. The summed E-state index contributed by atoms with van der Waals surface area (Å²) in [5.41, 5.74) is 1.20. The lowest BCUT2D eigenvalue weighted by Gasteiger charge is -2.00. The number of rotatable bonds is 2. The van der Waals surface area contributed by atoms with Crippen molar-refractivity contribution in [1.82, 2.24) is 0 Å². The van der Waals surface area contributed by atoms with Crippen LogP contribution >= 0.6 is 43.2 Å². The Labute approximate surface area is 123 Å². The molecule has 0 aliphatic heterocycles. The molecule has 0 N–H and O–H groups in total. The molecule has 1 aromatic carbocycles. The van der Waals surface area contributed by atoms with Gasteiger partial charge in [-0.2, -0.15) is 0 Å². The number of thiophene rings is 1. The van der Waals surface area contributed by atoms with Gasteiger partial charge < -0.3 is 4.74 Å². The lowest BCUT2D eigenvalue weighted by molar-refractivity contribution is 0.415. The lowest BCUT2D eigenvalue weighted by Crippen LogP contribution is -1.81. The molecular weight excluding hydrogens is 364 g/mol. The van der Waals surface area contributed by atoms with E-state index in [2.05, 4.69) is 50.1 Å². The first-order chi connectivity index (χ1) is 8.20. The molecule has 0 aliphatic carbocycles. The Morgan fingerprint density at radius 3 is 2.06 bits per heavy atom. The lowest BCUT2D eigenvalue weighted by atomic mass is 10.2. The van der Waals surface area contributed by atoms with Gasteiger partial charge in [-0.25, -0.2) is 0 Å². The van der Waals surface area contributed by atoms with Gasteiger partial charge in [0.15, 0.2) is 0 Å². The van der Waals surface area contributed by atoms with Crippen LogP contribution in [0.15, 0.2) is 38.6 Å². The van der Waals surface area contributed by atoms with Gasteiger partial charge in [0.1, 0.15) is 5.75 Å². The predicted molar refractivity (Wildman–Crippen MR) is 83.1 cm³/mol. The zero-order valence-electron chi connectivity index (χ0n) is 9.96. The molecule has 0 atom stereocenters. The number of benzene rings is 1. The van der Waals surface area contributed by atoms with Crippen molar-refractivity contribution < 1.29 is 4.74 Å². The average molecular weight is 378 g/mol. The molecule has 0 bridgehead atoms. The Kier molecular flexibility index (Phi) is 6.23. The molecular formula is C13H14Br2OS. The van der Waals surface area contributed by atoms with E-state index in [1.807, 2.05) is 26.0 Å². The van der Waals surface area contributed by atoms with Crippen molar-refractivity contribution in [3.8, 4) is 16.2 Å². The standard InChI is InChI=1S/C11H8Br2OS.C2H6/c1-14-8-4-2-7(3-5-8)10-6-9(12)11(13)15-10;1-2/h2-6H,1H3;1-2H3. The fraction of sp³-hybridized carbons (Fsp3) is 0.231. The molecule has 0 saturated heterocycles. The molecule has 1 heterocycles. The Morgan fingerprint density at radius 1 is 1.06 bits per heavy atom. The van der Waals surface area contributed by atoms with E-state index in [0.717, 1.165) is 14.0 Å². The van der Waals surface area contributed by atoms with E-state index in [4.69, 9.17) is 4.74 Å². The third-order valence-corrected chi connectivity index (χ3v) is 5.33. The van der Waals surface area contributed by atoms with Crippen molar-refractivity contribution in [2.45, 2.75) is 13.8 Å². The molecule has 0 unspecified atom stereocenters. The maximum absolute atomic E-state index is 5.12. The van der Waals surface area contributed by atoms with Crippen LogP contribution in [0.3, 0.4) is 0 Å². The van der Waals surface area contributed by atoms with E-state index in [-0.39, 0.29) is 0 Å². The van der Waals surface area contributed by atoms with Crippen LogP contribution in [0.25, 0.3) is 10.4 Å². The van der Waals surface area contributed by atoms with Gasteiger partial charge in [0.25, 0.3) is 0 Å². The van der Waals surface area contributed by atoms with Crippen molar-refractivity contribution in [3.63, 3.8) is 0 Å². The minimum absolute atomic E-state index is 0.883. The minimum Gasteiger partial charge on any atom is -0.497 e. The van der Waals surface area contributed by atoms with Gasteiger partial charge in [-0.15, -0.1) is 11.3 Å². The van der Waals surface area contributed by atoms with Crippen molar-refractivity contribution in [2.75, 3.05) is 7.11 Å². The van der Waals surface area contributed by atoms with Gasteiger partial charge in [0.05, 0.1) is 10.9 Å². The first-order valence-electron chi connectivity index (χ1n) is 5.30. The molecule has 17 heavy (non-hydrogen) atoms. The molecule has 0 spiro atoms. The Morgan fingerprint density at radius 2 is 1.65 bits per heavy atom. The van der Waals surface area contributed by atoms with Gasteiger partial charge >= 0.3 is 0 Å². The summed E-state index contributed by atoms with van der Waals surface area (Å²) in [4.78, 5) is 1.23. The van der Waals surface area contributed by atoms with E-state index >= 15 is 0 Å². The van der Waals surface area contributed by atoms with Gasteiger partial charge in [-0.3, -0.25) is 0 Å². The third kappa shape index (κ3) is 3.83. The zero-order chi connectivity index (χ0) is 12.8. The van der Waals surface area contributed by atoms with Crippen LogP contribution in [0, 0.1) is 0 Å². The number of halogens is 2. The number of hydrogen-bond donors (Lipinski definition) is 0. The van der Waals surface area contributed by atoms with Gasteiger partial charge in [0, 0.05) is 9.35 Å². The summed E-state index contributed by atoms with van der Waals surface area (Å²) < 4.78 is 7.33. The van der Waals surface area contributed by atoms with Crippen molar-refractivity contribution in [3.05, 3.63) is 38.6 Å². The van der Waals surface area contributed by atoms with E-state index in [1.54, 1.807) is 18.4 Å². The van der Waals surface area contributed by atoms with Crippen molar-refractivity contribution in [1.29, 1.82) is 0 Å². The number of ether oxygens (including phenoxy) is 1. The van der Waals surface area contributed by atoms with Crippen LogP contribution in [-0.2, 0) is 0 Å². The molecule has 1 nitrogen and oxygen atoms in total. The summed E-state index contributed by atoms with van der Waals surface area (Å²) in [6.07, 6.45) is 0. The normalized spacial score (nSPS) is 9.47. The van der Waals surface area contributed by atoms with Crippen LogP contribution < -0.4 is 4.74 Å². The van der Waals surface area contributed by atoms with E-state index in [1.165, 1.54) is 10.4 Å². The van der Waals surface area contributed by atoms with Crippen LogP contribution in [-0.4, -0.2) is 7.11 Å².